The fourth-order valence-electron chi connectivity index (χ4n) is 1.65. The van der Waals surface area contributed by atoms with Crippen LogP contribution in [0.4, 0.5) is 0 Å². The van der Waals surface area contributed by atoms with Gasteiger partial charge >= 0.3 is 5.97 Å². The highest BCUT2D eigenvalue weighted by atomic mass is 35.5. The van der Waals surface area contributed by atoms with E-state index in [2.05, 4.69) is 11.9 Å². The summed E-state index contributed by atoms with van der Waals surface area (Å²) >= 11 is 5.88. The molecule has 1 rings (SSSR count). The molecule has 100 valence electrons. The highest BCUT2D eigenvalue weighted by Crippen LogP contribution is 2.14. The lowest BCUT2D eigenvalue weighted by molar-refractivity contribution is 0.0497. The van der Waals surface area contributed by atoms with Crippen LogP contribution in [0.25, 0.3) is 0 Å². The third-order valence-electron chi connectivity index (χ3n) is 2.72. The molecule has 1 heterocycles. The molecule has 0 radical (unpaired) electrons. The van der Waals surface area contributed by atoms with Crippen molar-refractivity contribution in [3.8, 4) is 0 Å². The first-order valence-corrected chi connectivity index (χ1v) is 6.90. The summed E-state index contributed by atoms with van der Waals surface area (Å²) in [4.78, 5) is 15.5. The largest absolute Gasteiger partial charge is 0.462 e. The topological polar surface area (TPSA) is 39.2 Å². The number of unbranched alkanes of at least 4 members (excludes halogenated alkanes) is 5. The van der Waals surface area contributed by atoms with Crippen LogP contribution in [0.3, 0.4) is 0 Å². The van der Waals surface area contributed by atoms with Gasteiger partial charge in [0.1, 0.15) is 0 Å². The van der Waals surface area contributed by atoms with E-state index in [1.54, 1.807) is 12.3 Å². The van der Waals surface area contributed by atoms with Gasteiger partial charge in [-0.15, -0.1) is 0 Å². The molecule has 1 aromatic rings. The van der Waals surface area contributed by atoms with Crippen LogP contribution in [0.15, 0.2) is 18.5 Å². The van der Waals surface area contributed by atoms with E-state index in [1.807, 2.05) is 0 Å². The van der Waals surface area contributed by atoms with Gasteiger partial charge in [0, 0.05) is 12.4 Å². The van der Waals surface area contributed by atoms with Crippen molar-refractivity contribution in [2.45, 2.75) is 45.4 Å². The second-order valence-corrected chi connectivity index (χ2v) is 4.67. The summed E-state index contributed by atoms with van der Waals surface area (Å²) < 4.78 is 5.15. The van der Waals surface area contributed by atoms with Crippen LogP contribution < -0.4 is 0 Å². The number of rotatable bonds is 8. The summed E-state index contributed by atoms with van der Waals surface area (Å²) in [6.45, 7) is 2.65. The van der Waals surface area contributed by atoms with E-state index in [1.165, 1.54) is 31.9 Å². The lowest BCUT2D eigenvalue weighted by Gasteiger charge is -2.05. The maximum atomic E-state index is 11.7. The quantitative estimate of drug-likeness (QED) is 0.523. The van der Waals surface area contributed by atoms with Crippen LogP contribution in [0, 0.1) is 0 Å². The van der Waals surface area contributed by atoms with Gasteiger partial charge in [-0.3, -0.25) is 4.98 Å². The van der Waals surface area contributed by atoms with Crippen LogP contribution in [0.2, 0.25) is 5.02 Å². The van der Waals surface area contributed by atoms with Crippen LogP contribution in [0.1, 0.15) is 55.8 Å². The lowest BCUT2D eigenvalue weighted by atomic mass is 10.1. The van der Waals surface area contributed by atoms with Crippen molar-refractivity contribution < 1.29 is 9.53 Å². The zero-order valence-corrected chi connectivity index (χ0v) is 11.6. The van der Waals surface area contributed by atoms with E-state index in [0.717, 1.165) is 12.8 Å². The minimum Gasteiger partial charge on any atom is -0.462 e. The van der Waals surface area contributed by atoms with E-state index in [-0.39, 0.29) is 5.97 Å². The van der Waals surface area contributed by atoms with Crippen LogP contribution in [0.5, 0.6) is 0 Å². The highest BCUT2D eigenvalue weighted by molar-refractivity contribution is 6.33. The molecular weight excluding hydrogens is 250 g/mol. The zero-order valence-electron chi connectivity index (χ0n) is 10.8. The van der Waals surface area contributed by atoms with Crippen LogP contribution in [-0.4, -0.2) is 17.6 Å². The number of ether oxygens (including phenoxy) is 1. The van der Waals surface area contributed by atoms with Gasteiger partial charge in [0.2, 0.25) is 0 Å². The Morgan fingerprint density at radius 2 is 2.00 bits per heavy atom. The first kappa shape index (κ1) is 15.0. The summed E-state index contributed by atoms with van der Waals surface area (Å²) in [6, 6.07) is 1.59. The normalized spacial score (nSPS) is 10.3. The molecule has 18 heavy (non-hydrogen) atoms. The molecule has 0 saturated carbocycles. The fourth-order valence-corrected chi connectivity index (χ4v) is 1.83. The van der Waals surface area contributed by atoms with Gasteiger partial charge in [-0.25, -0.2) is 4.79 Å². The molecule has 0 N–H and O–H groups in total. The maximum absolute atomic E-state index is 11.7. The Balaban J connectivity index is 2.16. The van der Waals surface area contributed by atoms with Gasteiger partial charge in [0.05, 0.1) is 17.2 Å². The molecule has 0 spiro atoms. The molecule has 0 aromatic carbocycles. The number of hydrogen-bond donors (Lipinski definition) is 0. The molecule has 0 bridgehead atoms. The van der Waals surface area contributed by atoms with Gasteiger partial charge in [-0.1, -0.05) is 50.6 Å². The molecule has 0 amide bonds. The standard InChI is InChI=1S/C14H20ClNO2/c1-2-3-4-5-6-7-10-18-14(17)12-11-16-9-8-13(12)15/h8-9,11H,2-7,10H2,1H3. The van der Waals surface area contributed by atoms with Crippen molar-refractivity contribution in [3.63, 3.8) is 0 Å². The second kappa shape index (κ2) is 8.92. The Morgan fingerprint density at radius 3 is 2.72 bits per heavy atom. The van der Waals surface area contributed by atoms with Crippen LogP contribution in [-0.2, 0) is 4.74 Å². The summed E-state index contributed by atoms with van der Waals surface area (Å²) in [6.07, 6.45) is 10.00. The molecule has 1 aromatic heterocycles. The van der Waals surface area contributed by atoms with Crippen molar-refractivity contribution in [3.05, 3.63) is 29.0 Å². The van der Waals surface area contributed by atoms with Crippen molar-refractivity contribution in [1.29, 1.82) is 0 Å². The summed E-state index contributed by atoms with van der Waals surface area (Å²) in [5.74, 6) is -0.387. The van der Waals surface area contributed by atoms with E-state index in [4.69, 9.17) is 16.3 Å². The molecule has 4 heteroatoms. The van der Waals surface area contributed by atoms with Crippen molar-refractivity contribution in [2.75, 3.05) is 6.61 Å². The van der Waals surface area contributed by atoms with E-state index >= 15 is 0 Å². The third-order valence-corrected chi connectivity index (χ3v) is 3.05. The predicted octanol–water partition coefficient (Wildman–Crippen LogP) is 4.25. The van der Waals surface area contributed by atoms with Crippen molar-refractivity contribution in [1.82, 2.24) is 4.98 Å². The number of nitrogens with zero attached hydrogens (tertiary/aromatic N) is 1. The molecule has 0 aliphatic rings. The smallest absolute Gasteiger partial charge is 0.341 e. The van der Waals surface area contributed by atoms with E-state index in [9.17, 15) is 4.79 Å². The molecule has 0 unspecified atom stereocenters. The van der Waals surface area contributed by atoms with E-state index < -0.39 is 0 Å². The van der Waals surface area contributed by atoms with Gasteiger partial charge < -0.3 is 4.74 Å². The Kier molecular flexibility index (Phi) is 7.42. The van der Waals surface area contributed by atoms with Gasteiger partial charge in [0.15, 0.2) is 0 Å². The number of carbonyl (C=O) groups excluding carboxylic acids is 1. The summed E-state index contributed by atoms with van der Waals surface area (Å²) in [7, 11) is 0. The Hall–Kier alpha value is -1.09. The third kappa shape index (κ3) is 5.50. The average Bonchev–Trinajstić information content (AvgIpc) is 2.38. The van der Waals surface area contributed by atoms with Crippen LogP contribution >= 0.6 is 11.6 Å². The van der Waals surface area contributed by atoms with Crippen molar-refractivity contribution >= 4 is 17.6 Å². The number of carbonyl (C=O) groups is 1. The maximum Gasteiger partial charge on any atom is 0.341 e. The minimum absolute atomic E-state index is 0.338. The van der Waals surface area contributed by atoms with Crippen molar-refractivity contribution in [2.24, 2.45) is 0 Å². The molecule has 0 fully saturated rings. The van der Waals surface area contributed by atoms with E-state index in [0.29, 0.717) is 17.2 Å². The van der Waals surface area contributed by atoms with Gasteiger partial charge in [-0.05, 0) is 12.5 Å². The number of hydrogen-bond acceptors (Lipinski definition) is 3. The fraction of sp³-hybridized carbons (Fsp3) is 0.571. The Labute approximate surface area is 114 Å². The second-order valence-electron chi connectivity index (χ2n) is 4.26. The molecule has 0 aliphatic carbocycles. The molecule has 0 saturated heterocycles. The molecule has 0 atom stereocenters. The van der Waals surface area contributed by atoms with Gasteiger partial charge in [0.25, 0.3) is 0 Å². The summed E-state index contributed by atoms with van der Waals surface area (Å²) in [5.41, 5.74) is 0.338. The zero-order chi connectivity index (χ0) is 13.2. The first-order chi connectivity index (χ1) is 8.75. The highest BCUT2D eigenvalue weighted by Gasteiger charge is 2.10. The molecule has 0 aliphatic heterocycles. The number of halogens is 1. The molecule has 3 nitrogen and oxygen atoms in total. The van der Waals surface area contributed by atoms with Gasteiger partial charge in [-0.2, -0.15) is 0 Å². The summed E-state index contributed by atoms with van der Waals surface area (Å²) in [5, 5.41) is 0.387. The lowest BCUT2D eigenvalue weighted by Crippen LogP contribution is -2.07. The number of esters is 1. The average molecular weight is 270 g/mol. The first-order valence-electron chi connectivity index (χ1n) is 6.52. The SMILES string of the molecule is CCCCCCCCOC(=O)c1cnccc1Cl. The Bertz CT molecular complexity index is 369. The molecular formula is C14H20ClNO2. The Morgan fingerprint density at radius 1 is 1.28 bits per heavy atom. The predicted molar refractivity (Wildman–Crippen MR) is 72.9 cm³/mol. The number of aromatic nitrogens is 1. The minimum atomic E-state index is -0.387. The number of pyridine rings is 1. The monoisotopic (exact) mass is 269 g/mol.